The number of hydrogen-bond donors (Lipinski definition) is 3. The number of esters is 1. The van der Waals surface area contributed by atoms with Gasteiger partial charge in [0.15, 0.2) is 0 Å². The molecule has 0 aliphatic rings. The summed E-state index contributed by atoms with van der Waals surface area (Å²) in [6.07, 6.45) is 97.6. The second-order valence-corrected chi connectivity index (χ2v) is 25.6. The Kier molecular flexibility index (Phi) is 70.9. The van der Waals surface area contributed by atoms with E-state index in [4.69, 9.17) is 4.74 Å². The SMILES string of the molecule is CCCC/C=C\C/C=C\CCCCCCCC(=O)OCCCCCCCCCCCCCCCCC/C=C\C/C=C\CCCCCCCCCCCCCCCCCCCC(=O)NC(CO)C(O)/C=C/CCCCCCCCCCCCCC. The van der Waals surface area contributed by atoms with Crippen molar-refractivity contribution in [3.8, 4) is 0 Å². The minimum Gasteiger partial charge on any atom is -0.466 e. The summed E-state index contributed by atoms with van der Waals surface area (Å²) in [6.45, 7) is 4.88. The number of hydrogen-bond acceptors (Lipinski definition) is 5. The van der Waals surface area contributed by atoms with Crippen molar-refractivity contribution in [3.63, 3.8) is 0 Å². The van der Waals surface area contributed by atoms with Crippen molar-refractivity contribution in [2.24, 2.45) is 0 Å². The van der Waals surface area contributed by atoms with Gasteiger partial charge in [-0.3, -0.25) is 9.59 Å². The van der Waals surface area contributed by atoms with E-state index in [9.17, 15) is 19.8 Å². The molecule has 0 aromatic heterocycles. The van der Waals surface area contributed by atoms with Crippen LogP contribution in [0, 0.1) is 0 Å². The van der Waals surface area contributed by atoms with Gasteiger partial charge in [-0.05, 0) is 89.9 Å². The lowest BCUT2D eigenvalue weighted by Gasteiger charge is -2.20. The Labute approximate surface area is 524 Å². The third-order valence-corrected chi connectivity index (χ3v) is 17.3. The molecule has 1 amide bonds. The summed E-state index contributed by atoms with van der Waals surface area (Å²) in [5.41, 5.74) is 0. The molecular weight excluding hydrogens is 1030 g/mol. The van der Waals surface area contributed by atoms with E-state index < -0.39 is 12.1 Å². The van der Waals surface area contributed by atoms with E-state index in [0.717, 1.165) is 57.8 Å². The van der Waals surface area contributed by atoms with Gasteiger partial charge in [-0.25, -0.2) is 0 Å². The zero-order valence-corrected chi connectivity index (χ0v) is 56.4. The lowest BCUT2D eigenvalue weighted by molar-refractivity contribution is -0.143. The summed E-state index contributed by atoms with van der Waals surface area (Å²) >= 11 is 0. The molecule has 2 unspecified atom stereocenters. The maximum Gasteiger partial charge on any atom is 0.305 e. The Morgan fingerprint density at radius 3 is 0.940 bits per heavy atom. The average molecular weight is 1180 g/mol. The van der Waals surface area contributed by atoms with Crippen LogP contribution in [0.1, 0.15) is 399 Å². The first-order valence-electron chi connectivity index (χ1n) is 37.6. The maximum absolute atomic E-state index is 12.5. The first-order valence-corrected chi connectivity index (χ1v) is 37.6. The molecule has 0 rings (SSSR count). The van der Waals surface area contributed by atoms with Gasteiger partial charge in [0.25, 0.3) is 0 Å². The highest BCUT2D eigenvalue weighted by Gasteiger charge is 2.18. The number of nitrogens with one attached hydrogen (secondary N) is 1. The molecule has 0 aliphatic carbocycles. The lowest BCUT2D eigenvalue weighted by Crippen LogP contribution is -2.45. The van der Waals surface area contributed by atoms with E-state index in [-0.39, 0.29) is 18.5 Å². The van der Waals surface area contributed by atoms with E-state index in [1.807, 2.05) is 6.08 Å². The number of aliphatic hydroxyl groups is 2. The van der Waals surface area contributed by atoms with Gasteiger partial charge in [-0.15, -0.1) is 0 Å². The molecule has 0 radical (unpaired) electrons. The number of ether oxygens (including phenoxy) is 1. The van der Waals surface area contributed by atoms with Crippen molar-refractivity contribution < 1.29 is 24.5 Å². The van der Waals surface area contributed by atoms with Crippen LogP contribution in [0.25, 0.3) is 0 Å². The van der Waals surface area contributed by atoms with Gasteiger partial charge < -0.3 is 20.3 Å². The Hall–Kier alpha value is -2.44. The Balaban J connectivity index is 3.37. The van der Waals surface area contributed by atoms with Crippen molar-refractivity contribution in [1.29, 1.82) is 0 Å². The van der Waals surface area contributed by atoms with Gasteiger partial charge in [0.2, 0.25) is 5.91 Å². The van der Waals surface area contributed by atoms with Crippen molar-refractivity contribution in [3.05, 3.63) is 60.8 Å². The van der Waals surface area contributed by atoms with E-state index in [1.165, 1.54) is 315 Å². The number of amides is 1. The van der Waals surface area contributed by atoms with E-state index in [0.29, 0.717) is 19.4 Å². The largest absolute Gasteiger partial charge is 0.466 e. The molecule has 492 valence electrons. The zero-order chi connectivity index (χ0) is 60.6. The summed E-state index contributed by atoms with van der Waals surface area (Å²) in [5, 5.41) is 23.2. The molecule has 0 aromatic rings. The van der Waals surface area contributed by atoms with Crippen LogP contribution in [-0.4, -0.2) is 47.4 Å². The van der Waals surface area contributed by atoms with Crippen LogP contribution >= 0.6 is 0 Å². The topological polar surface area (TPSA) is 95.9 Å². The smallest absolute Gasteiger partial charge is 0.305 e. The molecule has 0 aliphatic heterocycles. The number of aliphatic hydroxyl groups excluding tert-OH is 2. The third kappa shape index (κ3) is 68.7. The molecule has 84 heavy (non-hydrogen) atoms. The predicted molar refractivity (Wildman–Crippen MR) is 370 cm³/mol. The third-order valence-electron chi connectivity index (χ3n) is 17.3. The summed E-state index contributed by atoms with van der Waals surface area (Å²) in [6, 6.07) is -0.626. The van der Waals surface area contributed by atoms with Crippen LogP contribution in [0.4, 0.5) is 0 Å². The molecule has 6 heteroatoms. The van der Waals surface area contributed by atoms with Gasteiger partial charge in [-0.2, -0.15) is 0 Å². The first-order chi connectivity index (χ1) is 41.5. The molecule has 0 saturated carbocycles. The van der Waals surface area contributed by atoms with Gasteiger partial charge in [0, 0.05) is 12.8 Å². The van der Waals surface area contributed by atoms with Crippen LogP contribution in [0.2, 0.25) is 0 Å². The molecule has 0 heterocycles. The standard InChI is InChI=1S/C78H145NO5/c1-3-5-7-9-11-13-15-17-46-50-54-58-62-66-70-76(81)75(74-80)79-77(82)71-67-63-59-55-51-47-44-42-40-38-36-34-32-30-28-26-24-22-20-19-21-23-25-27-29-31-33-35-37-39-41-43-45-49-53-57-61-65-69-73-84-78(83)72-68-64-60-56-52-48-18-16-14-12-10-8-6-4-2/h10,12,16,18-20,23,25,66,70,75-76,80-81H,3-9,11,13-15,17,21-22,24,26-65,67-69,71-74H2,1-2H3,(H,79,82)/b12-10-,18-16-,20-19-,25-23-,70-66+. The van der Waals surface area contributed by atoms with E-state index in [1.54, 1.807) is 6.08 Å². The normalized spacial score (nSPS) is 12.9. The monoisotopic (exact) mass is 1180 g/mol. The van der Waals surface area contributed by atoms with Gasteiger partial charge in [0.05, 0.1) is 25.4 Å². The fourth-order valence-electron chi connectivity index (χ4n) is 11.5. The molecule has 0 saturated heterocycles. The first kappa shape index (κ1) is 81.6. The van der Waals surface area contributed by atoms with Crippen LogP contribution < -0.4 is 5.32 Å². The summed E-state index contributed by atoms with van der Waals surface area (Å²) in [7, 11) is 0. The van der Waals surface area contributed by atoms with Crippen molar-refractivity contribution in [1.82, 2.24) is 5.32 Å². The quantitative estimate of drug-likeness (QED) is 0.0320. The Bertz CT molecular complexity index is 1450. The summed E-state index contributed by atoms with van der Waals surface area (Å²) in [5.74, 6) is -0.0582. The minimum absolute atomic E-state index is 0.00534. The van der Waals surface area contributed by atoms with E-state index in [2.05, 4.69) is 67.8 Å². The second-order valence-electron chi connectivity index (χ2n) is 25.6. The molecule has 0 spiro atoms. The fourth-order valence-corrected chi connectivity index (χ4v) is 11.5. The van der Waals surface area contributed by atoms with Crippen LogP contribution in [0.3, 0.4) is 0 Å². The number of carbonyl (C=O) groups excluding carboxylic acids is 2. The molecular formula is C78H145NO5. The Morgan fingerprint density at radius 2 is 0.607 bits per heavy atom. The number of unbranched alkanes of at least 4 members (excludes halogenated alkanes) is 51. The molecule has 0 fully saturated rings. The van der Waals surface area contributed by atoms with Gasteiger partial charge >= 0.3 is 5.97 Å². The lowest BCUT2D eigenvalue weighted by atomic mass is 10.0. The van der Waals surface area contributed by atoms with Crippen LogP contribution in [-0.2, 0) is 14.3 Å². The highest BCUT2D eigenvalue weighted by molar-refractivity contribution is 5.76. The number of rotatable bonds is 70. The average Bonchev–Trinajstić information content (AvgIpc) is 3.52. The summed E-state index contributed by atoms with van der Waals surface area (Å²) in [4.78, 5) is 24.5. The summed E-state index contributed by atoms with van der Waals surface area (Å²) < 4.78 is 5.48. The number of carbonyl (C=O) groups is 2. The number of allylic oxidation sites excluding steroid dienone is 9. The highest BCUT2D eigenvalue weighted by atomic mass is 16.5. The molecule has 0 aromatic carbocycles. The molecule has 0 bridgehead atoms. The molecule has 2 atom stereocenters. The second kappa shape index (κ2) is 73.0. The van der Waals surface area contributed by atoms with E-state index >= 15 is 0 Å². The molecule has 3 N–H and O–H groups in total. The van der Waals surface area contributed by atoms with Crippen LogP contribution in [0.5, 0.6) is 0 Å². The fraction of sp³-hybridized carbons (Fsp3) is 0.846. The van der Waals surface area contributed by atoms with Gasteiger partial charge in [0.1, 0.15) is 0 Å². The van der Waals surface area contributed by atoms with Gasteiger partial charge in [-0.1, -0.05) is 357 Å². The molecule has 6 nitrogen and oxygen atoms in total. The van der Waals surface area contributed by atoms with Crippen LogP contribution in [0.15, 0.2) is 60.8 Å². The predicted octanol–water partition coefficient (Wildman–Crippen LogP) is 24.6. The van der Waals surface area contributed by atoms with Crippen molar-refractivity contribution >= 4 is 11.9 Å². The zero-order valence-electron chi connectivity index (χ0n) is 56.4. The van der Waals surface area contributed by atoms with Crippen molar-refractivity contribution in [2.75, 3.05) is 13.2 Å². The maximum atomic E-state index is 12.5. The Morgan fingerprint density at radius 1 is 0.333 bits per heavy atom. The minimum atomic E-state index is -0.842. The van der Waals surface area contributed by atoms with Crippen molar-refractivity contribution in [2.45, 2.75) is 411 Å². The highest BCUT2D eigenvalue weighted by Crippen LogP contribution is 2.18.